The van der Waals surface area contributed by atoms with Gasteiger partial charge in [-0.05, 0) is 40.4 Å². The summed E-state index contributed by atoms with van der Waals surface area (Å²) in [7, 11) is 4.51. The quantitative estimate of drug-likeness (QED) is 0.509. The molecule has 0 saturated carbocycles. The Hall–Kier alpha value is -0.0800. The van der Waals surface area contributed by atoms with Crippen LogP contribution in [0.25, 0.3) is 0 Å². The molecule has 0 amide bonds. The Morgan fingerprint density at radius 2 is 2.09 bits per heavy atom. The number of hydrogen-bond donors (Lipinski definition) is 0. The summed E-state index contributed by atoms with van der Waals surface area (Å²) in [6, 6.07) is 0.880. The van der Waals surface area contributed by atoms with Crippen LogP contribution in [-0.4, -0.2) is 48.6 Å². The lowest BCUT2D eigenvalue weighted by Gasteiger charge is -2.53. The third-order valence-electron chi connectivity index (χ3n) is 3.53. The predicted molar refractivity (Wildman–Crippen MR) is 46.7 cm³/mol. The van der Waals surface area contributed by atoms with Crippen molar-refractivity contribution in [3.05, 3.63) is 0 Å². The van der Waals surface area contributed by atoms with Gasteiger partial charge in [0.15, 0.2) is 0 Å². The molecule has 0 spiro atoms. The Morgan fingerprint density at radius 1 is 1.36 bits per heavy atom. The summed E-state index contributed by atoms with van der Waals surface area (Å²) in [6.45, 7) is 4.91. The Kier molecular flexibility index (Phi) is 1.52. The minimum absolute atomic E-state index is 0.496. The van der Waals surface area contributed by atoms with Crippen molar-refractivity contribution in [3.8, 4) is 0 Å². The second kappa shape index (κ2) is 2.20. The highest BCUT2D eigenvalue weighted by Crippen LogP contribution is 2.39. The zero-order valence-electron chi connectivity index (χ0n) is 7.80. The number of nitrogens with zero attached hydrogens (tertiary/aromatic N) is 2. The highest BCUT2D eigenvalue weighted by molar-refractivity contribution is 5.05. The number of fused-ring (bicyclic) bond motifs is 3. The van der Waals surface area contributed by atoms with Gasteiger partial charge in [0, 0.05) is 18.1 Å². The van der Waals surface area contributed by atoms with Crippen LogP contribution in [-0.2, 0) is 0 Å². The van der Waals surface area contributed by atoms with E-state index in [0.717, 1.165) is 6.04 Å². The van der Waals surface area contributed by atoms with Gasteiger partial charge in [0.05, 0.1) is 0 Å². The van der Waals surface area contributed by atoms with E-state index in [1.807, 2.05) is 0 Å². The summed E-state index contributed by atoms with van der Waals surface area (Å²) in [5.74, 6) is 0. The first-order chi connectivity index (χ1) is 5.12. The van der Waals surface area contributed by atoms with Gasteiger partial charge in [0.25, 0.3) is 0 Å². The van der Waals surface area contributed by atoms with E-state index in [1.54, 1.807) is 0 Å². The van der Waals surface area contributed by atoms with E-state index in [2.05, 4.69) is 30.8 Å². The Labute approximate surface area is 69.2 Å². The van der Waals surface area contributed by atoms with E-state index < -0.39 is 0 Å². The Bertz CT molecular complexity index is 169. The van der Waals surface area contributed by atoms with Crippen LogP contribution in [0.5, 0.6) is 0 Å². The molecule has 64 valence electrons. The van der Waals surface area contributed by atoms with Crippen LogP contribution in [0.3, 0.4) is 0 Å². The van der Waals surface area contributed by atoms with Gasteiger partial charge in [0.1, 0.15) is 0 Å². The van der Waals surface area contributed by atoms with Crippen molar-refractivity contribution in [1.82, 2.24) is 9.80 Å². The van der Waals surface area contributed by atoms with Crippen molar-refractivity contribution in [1.29, 1.82) is 0 Å². The molecule has 2 heteroatoms. The molecule has 3 heterocycles. The Morgan fingerprint density at radius 3 is 2.73 bits per heavy atom. The second-order valence-electron chi connectivity index (χ2n) is 4.49. The molecule has 0 aromatic rings. The third kappa shape index (κ3) is 1.00. The van der Waals surface area contributed by atoms with Gasteiger partial charge in [-0.3, -0.25) is 4.90 Å². The molecule has 3 rings (SSSR count). The van der Waals surface area contributed by atoms with Crippen molar-refractivity contribution in [3.63, 3.8) is 0 Å². The zero-order chi connectivity index (χ0) is 8.06. The van der Waals surface area contributed by atoms with Crippen LogP contribution in [0.4, 0.5) is 0 Å². The fourth-order valence-electron chi connectivity index (χ4n) is 2.62. The van der Waals surface area contributed by atoms with Gasteiger partial charge < -0.3 is 4.90 Å². The molecule has 3 saturated heterocycles. The molecule has 11 heavy (non-hydrogen) atoms. The van der Waals surface area contributed by atoms with Crippen LogP contribution < -0.4 is 0 Å². The minimum Gasteiger partial charge on any atom is -0.304 e. The summed E-state index contributed by atoms with van der Waals surface area (Å²) in [6.07, 6.45) is 2.77. The van der Waals surface area contributed by atoms with E-state index in [-0.39, 0.29) is 0 Å². The van der Waals surface area contributed by atoms with Crippen molar-refractivity contribution in [2.45, 2.75) is 31.3 Å². The molecule has 3 fully saturated rings. The first kappa shape index (κ1) is 7.56. The van der Waals surface area contributed by atoms with Crippen LogP contribution in [0.1, 0.15) is 19.8 Å². The molecule has 0 aliphatic carbocycles. The first-order valence-corrected chi connectivity index (χ1v) is 4.53. The average molecular weight is 154 g/mol. The highest BCUT2D eigenvalue weighted by Gasteiger charge is 2.47. The fraction of sp³-hybridized carbons (Fsp3) is 1.00. The number of rotatable bonds is 0. The monoisotopic (exact) mass is 154 g/mol. The maximum absolute atomic E-state index is 2.55. The maximum atomic E-state index is 2.55. The summed E-state index contributed by atoms with van der Waals surface area (Å²) in [5, 5.41) is 0. The topological polar surface area (TPSA) is 6.48 Å². The van der Waals surface area contributed by atoms with E-state index in [9.17, 15) is 0 Å². The Balaban J connectivity index is 2.12. The fourth-order valence-corrected chi connectivity index (χ4v) is 2.62. The van der Waals surface area contributed by atoms with Gasteiger partial charge in [-0.2, -0.15) is 0 Å². The lowest BCUT2D eigenvalue weighted by Crippen LogP contribution is -2.63. The first-order valence-electron chi connectivity index (χ1n) is 4.53. The van der Waals surface area contributed by atoms with Gasteiger partial charge >= 0.3 is 0 Å². The molecule has 0 radical (unpaired) electrons. The maximum Gasteiger partial charge on any atom is 0.0323 e. The zero-order valence-corrected chi connectivity index (χ0v) is 7.80. The van der Waals surface area contributed by atoms with Crippen LogP contribution in [0, 0.1) is 0 Å². The van der Waals surface area contributed by atoms with Gasteiger partial charge in [-0.15, -0.1) is 0 Å². The smallest absolute Gasteiger partial charge is 0.0323 e. The largest absolute Gasteiger partial charge is 0.304 e. The summed E-state index contributed by atoms with van der Waals surface area (Å²) >= 11 is 0. The van der Waals surface area contributed by atoms with Crippen molar-refractivity contribution < 1.29 is 0 Å². The van der Waals surface area contributed by atoms with Crippen molar-refractivity contribution in [2.75, 3.05) is 27.2 Å². The summed E-state index contributed by atoms with van der Waals surface area (Å²) in [4.78, 5) is 5.01. The minimum atomic E-state index is 0.496. The molecular formula is C9H18N2. The van der Waals surface area contributed by atoms with Gasteiger partial charge in [-0.25, -0.2) is 0 Å². The third-order valence-corrected chi connectivity index (χ3v) is 3.53. The van der Waals surface area contributed by atoms with Crippen molar-refractivity contribution >= 4 is 0 Å². The lowest BCUT2D eigenvalue weighted by molar-refractivity contribution is -0.0322. The standard InChI is InChI=1S/C9H18N2/c1-9-6-8(11(9)3)4-5-10(2)7-9/h8H,4-7H2,1-3H3. The van der Waals surface area contributed by atoms with E-state index >= 15 is 0 Å². The normalized spacial score (nSPS) is 46.6. The molecule has 2 unspecified atom stereocenters. The SMILES string of the molecule is CN1CCC2CC(C)(C1)N2C. The second-order valence-corrected chi connectivity index (χ2v) is 4.49. The lowest BCUT2D eigenvalue weighted by atomic mass is 9.80. The average Bonchev–Trinajstić information content (AvgIpc) is 2.15. The number of hydrogen-bond acceptors (Lipinski definition) is 2. The predicted octanol–water partition coefficient (Wildman–Crippen LogP) is 0.785. The van der Waals surface area contributed by atoms with Crippen LogP contribution >= 0.6 is 0 Å². The molecule has 0 aromatic carbocycles. The highest BCUT2D eigenvalue weighted by atomic mass is 15.3. The van der Waals surface area contributed by atoms with Gasteiger partial charge in [0.2, 0.25) is 0 Å². The van der Waals surface area contributed by atoms with Crippen LogP contribution in [0.2, 0.25) is 0 Å². The molecule has 2 bridgehead atoms. The van der Waals surface area contributed by atoms with E-state index in [4.69, 9.17) is 0 Å². The van der Waals surface area contributed by atoms with E-state index in [0.29, 0.717) is 5.54 Å². The van der Waals surface area contributed by atoms with Gasteiger partial charge in [-0.1, -0.05) is 0 Å². The molecule has 0 aromatic heterocycles. The molecule has 2 atom stereocenters. The number of likely N-dealkylation sites (N-methyl/N-ethyl adjacent to an activating group) is 2. The molecule has 3 aliphatic heterocycles. The molecule has 2 nitrogen and oxygen atoms in total. The molecule has 0 N–H and O–H groups in total. The van der Waals surface area contributed by atoms with Crippen molar-refractivity contribution in [2.24, 2.45) is 0 Å². The summed E-state index contributed by atoms with van der Waals surface area (Å²) < 4.78 is 0. The summed E-state index contributed by atoms with van der Waals surface area (Å²) in [5.41, 5.74) is 0.496. The molecular weight excluding hydrogens is 136 g/mol. The molecule has 3 aliphatic rings. The van der Waals surface area contributed by atoms with E-state index in [1.165, 1.54) is 25.9 Å². The van der Waals surface area contributed by atoms with Crippen LogP contribution in [0.15, 0.2) is 0 Å².